The number of rotatable bonds is 8. The molecule has 0 bridgehead atoms. The normalized spacial score (nSPS) is 18.1. The zero-order valence-corrected chi connectivity index (χ0v) is 22.5. The minimum absolute atomic E-state index is 0.248. The van der Waals surface area contributed by atoms with Gasteiger partial charge in [-0.3, -0.25) is 9.80 Å². The van der Waals surface area contributed by atoms with Gasteiger partial charge in [0.25, 0.3) is 0 Å². The number of thiazole rings is 1. The molecule has 2 aromatic carbocycles. The van der Waals surface area contributed by atoms with Crippen molar-refractivity contribution in [1.29, 1.82) is 0 Å². The van der Waals surface area contributed by atoms with Crippen molar-refractivity contribution in [3.63, 3.8) is 0 Å². The van der Waals surface area contributed by atoms with E-state index in [0.717, 1.165) is 51.9 Å². The molecule has 1 N–H and O–H groups in total. The fourth-order valence-corrected chi connectivity index (χ4v) is 5.62. The van der Waals surface area contributed by atoms with Crippen LogP contribution in [0.5, 0.6) is 5.75 Å². The Bertz CT molecular complexity index is 1340. The summed E-state index contributed by atoms with van der Waals surface area (Å²) in [5.74, 6) is 1.40. The molecule has 2 unspecified atom stereocenters. The van der Waals surface area contributed by atoms with Crippen LogP contribution in [0.1, 0.15) is 17.6 Å². The number of β-amino-alcohol motifs (C(OH)–C–C–N with tert-alkyl or cyclic N) is 1. The monoisotopic (exact) mass is 546 g/mol. The molecule has 1 fully saturated rings. The van der Waals surface area contributed by atoms with E-state index in [1.807, 2.05) is 37.3 Å². The third-order valence-corrected chi connectivity index (χ3v) is 8.04. The average molecular weight is 548 g/mol. The number of aryl methyl sites for hydroxylation is 1. The Hall–Kier alpha value is -2.20. The van der Waals surface area contributed by atoms with E-state index >= 15 is 0 Å². The topological polar surface area (TPSA) is 74.9 Å². The molecule has 1 aliphatic rings. The van der Waals surface area contributed by atoms with E-state index in [1.54, 1.807) is 23.5 Å². The zero-order valence-electron chi connectivity index (χ0n) is 20.2. The van der Waals surface area contributed by atoms with Gasteiger partial charge in [0.1, 0.15) is 18.5 Å². The van der Waals surface area contributed by atoms with E-state index in [9.17, 15) is 5.11 Å². The number of aromatic nitrogens is 2. The van der Waals surface area contributed by atoms with E-state index in [4.69, 9.17) is 32.5 Å². The second kappa shape index (κ2) is 11.0. The molecule has 2 aromatic heterocycles. The van der Waals surface area contributed by atoms with E-state index in [2.05, 4.69) is 26.9 Å². The molecule has 10 heteroatoms. The molecule has 4 aromatic rings. The summed E-state index contributed by atoms with van der Waals surface area (Å²) in [7, 11) is 0. The molecule has 0 amide bonds. The van der Waals surface area contributed by atoms with E-state index in [1.165, 1.54) is 0 Å². The van der Waals surface area contributed by atoms with Crippen molar-refractivity contribution in [2.24, 2.45) is 0 Å². The summed E-state index contributed by atoms with van der Waals surface area (Å²) < 4.78 is 12.5. The molecule has 190 valence electrons. The van der Waals surface area contributed by atoms with Crippen LogP contribution in [0.15, 0.2) is 47.0 Å². The Morgan fingerprint density at radius 2 is 2.03 bits per heavy atom. The number of hydrogen-bond donors (Lipinski definition) is 1. The van der Waals surface area contributed by atoms with Gasteiger partial charge in [-0.25, -0.2) is 4.98 Å². The largest absolute Gasteiger partial charge is 0.491 e. The summed E-state index contributed by atoms with van der Waals surface area (Å²) >= 11 is 13.8. The van der Waals surface area contributed by atoms with Crippen LogP contribution in [-0.4, -0.2) is 70.0 Å². The van der Waals surface area contributed by atoms with Gasteiger partial charge in [-0.05, 0) is 44.2 Å². The first kappa shape index (κ1) is 25.4. The lowest BCUT2D eigenvalue weighted by molar-refractivity contribution is 0.0192. The van der Waals surface area contributed by atoms with E-state index in [0.29, 0.717) is 34.9 Å². The van der Waals surface area contributed by atoms with Gasteiger partial charge in [0.2, 0.25) is 0 Å². The number of aliphatic hydroxyl groups is 1. The number of hydrogen-bond acceptors (Lipinski definition) is 8. The Labute approximate surface area is 224 Å². The van der Waals surface area contributed by atoms with Crippen LogP contribution in [0.4, 0.5) is 0 Å². The summed E-state index contributed by atoms with van der Waals surface area (Å²) in [5, 5.41) is 16.9. The summed E-state index contributed by atoms with van der Waals surface area (Å²) in [6, 6.07) is 13.5. The van der Waals surface area contributed by atoms with Gasteiger partial charge in [0.15, 0.2) is 5.76 Å². The lowest BCUT2D eigenvalue weighted by Gasteiger charge is -2.40. The number of piperazine rings is 1. The number of nitrogens with zero attached hydrogens (tertiary/aromatic N) is 4. The van der Waals surface area contributed by atoms with Crippen LogP contribution < -0.4 is 4.74 Å². The van der Waals surface area contributed by atoms with Crippen molar-refractivity contribution < 1.29 is 14.4 Å². The summed E-state index contributed by atoms with van der Waals surface area (Å²) in [5.41, 5.74) is 2.65. The highest BCUT2D eigenvalue weighted by Gasteiger charge is 2.26. The first-order valence-corrected chi connectivity index (χ1v) is 13.5. The van der Waals surface area contributed by atoms with Gasteiger partial charge in [0, 0.05) is 56.5 Å². The van der Waals surface area contributed by atoms with Gasteiger partial charge in [-0.1, -0.05) is 28.4 Å². The number of ether oxygens (including phenoxy) is 1. The van der Waals surface area contributed by atoms with Crippen molar-refractivity contribution in [3.05, 3.63) is 63.2 Å². The van der Waals surface area contributed by atoms with E-state index < -0.39 is 6.10 Å². The average Bonchev–Trinajstić information content (AvgIpc) is 3.46. The fourth-order valence-electron chi connectivity index (χ4n) is 4.51. The van der Waals surface area contributed by atoms with Gasteiger partial charge in [-0.2, -0.15) is 0 Å². The first-order valence-electron chi connectivity index (χ1n) is 11.9. The highest BCUT2D eigenvalue weighted by molar-refractivity contribution is 7.18. The fraction of sp³-hybridized carbons (Fsp3) is 0.385. The van der Waals surface area contributed by atoms with Crippen molar-refractivity contribution in [3.8, 4) is 17.1 Å². The molecule has 0 aliphatic carbocycles. The van der Waals surface area contributed by atoms with Crippen molar-refractivity contribution in [1.82, 2.24) is 19.9 Å². The minimum Gasteiger partial charge on any atom is -0.491 e. The first-order chi connectivity index (χ1) is 17.3. The van der Waals surface area contributed by atoms with Crippen LogP contribution in [0.2, 0.25) is 10.0 Å². The molecular formula is C26H28Cl2N4O3S. The predicted molar refractivity (Wildman–Crippen MR) is 144 cm³/mol. The highest BCUT2D eigenvalue weighted by Crippen LogP contribution is 2.29. The molecule has 7 nitrogen and oxygen atoms in total. The zero-order chi connectivity index (χ0) is 25.2. The second-order valence-electron chi connectivity index (χ2n) is 9.22. The van der Waals surface area contributed by atoms with Crippen LogP contribution in [0.25, 0.3) is 21.5 Å². The van der Waals surface area contributed by atoms with Gasteiger partial charge >= 0.3 is 0 Å². The third kappa shape index (κ3) is 6.02. The van der Waals surface area contributed by atoms with Crippen LogP contribution in [0.3, 0.4) is 0 Å². The summed E-state index contributed by atoms with van der Waals surface area (Å²) in [4.78, 5) is 9.17. The van der Waals surface area contributed by atoms with Crippen molar-refractivity contribution in [2.45, 2.75) is 32.5 Å². The van der Waals surface area contributed by atoms with E-state index in [-0.39, 0.29) is 6.61 Å². The third-order valence-electron chi connectivity index (χ3n) is 6.35. The number of fused-ring (bicyclic) bond motifs is 1. The quantitative estimate of drug-likeness (QED) is 0.312. The van der Waals surface area contributed by atoms with Crippen LogP contribution >= 0.6 is 34.5 Å². The van der Waals surface area contributed by atoms with Crippen LogP contribution in [0, 0.1) is 6.92 Å². The predicted octanol–water partition coefficient (Wildman–Crippen LogP) is 5.51. The number of benzene rings is 2. The summed E-state index contributed by atoms with van der Waals surface area (Å²) in [6.45, 7) is 8.32. The lowest BCUT2D eigenvalue weighted by atomic mass is 10.1. The highest BCUT2D eigenvalue weighted by atomic mass is 35.5. The molecule has 5 rings (SSSR count). The maximum absolute atomic E-state index is 10.6. The molecule has 3 heterocycles. The van der Waals surface area contributed by atoms with Gasteiger partial charge in [-0.15, -0.1) is 11.3 Å². The standard InChI is InChI=1S/C26H28Cl2N4O3S/c1-16-12-31(13-19-10-25(35-30-19)18-3-5-22(27)23(28)9-18)7-8-32(16)14-20(33)15-34-21-4-6-26-24(11-21)29-17(2)36-26/h3-6,9-11,16,20,33H,7-8,12-15H2,1-2H3. The van der Waals surface area contributed by atoms with Crippen LogP contribution in [-0.2, 0) is 6.54 Å². The van der Waals surface area contributed by atoms with Gasteiger partial charge < -0.3 is 14.4 Å². The molecule has 36 heavy (non-hydrogen) atoms. The Kier molecular flexibility index (Phi) is 7.81. The maximum atomic E-state index is 10.6. The van der Waals surface area contributed by atoms with Crippen molar-refractivity contribution in [2.75, 3.05) is 32.8 Å². The number of halogens is 2. The lowest BCUT2D eigenvalue weighted by Crippen LogP contribution is -2.53. The Morgan fingerprint density at radius 1 is 1.17 bits per heavy atom. The summed E-state index contributed by atoms with van der Waals surface area (Å²) in [6.07, 6.45) is -0.573. The smallest absolute Gasteiger partial charge is 0.167 e. The second-order valence-corrected chi connectivity index (χ2v) is 11.3. The Morgan fingerprint density at radius 3 is 2.83 bits per heavy atom. The molecule has 0 saturated carbocycles. The molecule has 0 radical (unpaired) electrons. The van der Waals surface area contributed by atoms with Gasteiger partial charge in [0.05, 0.1) is 31.0 Å². The minimum atomic E-state index is -0.573. The Balaban J connectivity index is 1.10. The SMILES string of the molecule is Cc1nc2cc(OCC(O)CN3CCN(Cc4cc(-c5ccc(Cl)c(Cl)c5)on4)CC3C)ccc2s1. The maximum Gasteiger partial charge on any atom is 0.167 e. The molecule has 1 saturated heterocycles. The molecule has 2 atom stereocenters. The molecular weight excluding hydrogens is 519 g/mol. The molecule has 1 aliphatic heterocycles. The molecule has 0 spiro atoms. The number of aliphatic hydroxyl groups excluding tert-OH is 1. The van der Waals surface area contributed by atoms with Crippen molar-refractivity contribution >= 4 is 44.8 Å².